The molecule has 2 aromatic rings. The van der Waals surface area contributed by atoms with E-state index in [0.717, 1.165) is 11.3 Å². The van der Waals surface area contributed by atoms with Crippen LogP contribution < -0.4 is 5.73 Å². The molecule has 1 amide bonds. The van der Waals surface area contributed by atoms with Crippen LogP contribution in [0.15, 0.2) is 12.1 Å². The van der Waals surface area contributed by atoms with Crippen molar-refractivity contribution < 1.29 is 13.9 Å². The van der Waals surface area contributed by atoms with Gasteiger partial charge in [0.15, 0.2) is 0 Å². The number of carbonyl (C=O) groups is 1. The van der Waals surface area contributed by atoms with E-state index < -0.39 is 5.60 Å². The minimum Gasteiger partial charge on any atom is -0.444 e. The summed E-state index contributed by atoms with van der Waals surface area (Å²) in [7, 11) is 0. The predicted octanol–water partition coefficient (Wildman–Crippen LogP) is 4.20. The van der Waals surface area contributed by atoms with Crippen molar-refractivity contribution >= 4 is 11.8 Å². The molecule has 0 bridgehead atoms. The Bertz CT molecular complexity index is 875. The Balaban J connectivity index is 1.98. The number of amides is 1. The van der Waals surface area contributed by atoms with Gasteiger partial charge in [0.05, 0.1) is 24.0 Å². The van der Waals surface area contributed by atoms with Crippen molar-refractivity contribution in [1.82, 2.24) is 14.7 Å². The highest BCUT2D eigenvalue weighted by Crippen LogP contribution is 2.37. The van der Waals surface area contributed by atoms with E-state index in [2.05, 4.69) is 5.10 Å². The lowest BCUT2D eigenvalue weighted by Gasteiger charge is -2.35. The van der Waals surface area contributed by atoms with Gasteiger partial charge in [-0.15, -0.1) is 0 Å². The highest BCUT2D eigenvalue weighted by molar-refractivity contribution is 5.77. The third kappa shape index (κ3) is 3.50. The molecule has 0 fully saturated rings. The van der Waals surface area contributed by atoms with Crippen molar-refractivity contribution in [2.24, 2.45) is 0 Å². The lowest BCUT2D eigenvalue weighted by Crippen LogP contribution is -2.44. The van der Waals surface area contributed by atoms with Gasteiger partial charge in [0, 0.05) is 12.1 Å². The highest BCUT2D eigenvalue weighted by Gasteiger charge is 2.34. The van der Waals surface area contributed by atoms with Gasteiger partial charge < -0.3 is 10.5 Å². The van der Waals surface area contributed by atoms with Gasteiger partial charge >= 0.3 is 6.09 Å². The maximum absolute atomic E-state index is 14.0. The molecule has 0 spiro atoms. The zero-order valence-electron chi connectivity index (χ0n) is 16.8. The number of hydrogen-bond acceptors (Lipinski definition) is 4. The van der Waals surface area contributed by atoms with E-state index in [0.29, 0.717) is 35.6 Å². The van der Waals surface area contributed by atoms with Gasteiger partial charge in [0.2, 0.25) is 0 Å². The normalized spacial score (nSPS) is 17.0. The van der Waals surface area contributed by atoms with Crippen LogP contribution in [-0.4, -0.2) is 32.9 Å². The second-order valence-corrected chi connectivity index (χ2v) is 8.14. The van der Waals surface area contributed by atoms with Crippen LogP contribution in [0.3, 0.4) is 0 Å². The fourth-order valence-electron chi connectivity index (χ4n) is 3.51. The van der Waals surface area contributed by atoms with E-state index in [1.807, 2.05) is 32.4 Å². The summed E-state index contributed by atoms with van der Waals surface area (Å²) in [6, 6.07) is 3.24. The standard InChI is InChI=1S/C20H27FN4O2/c1-11-9-14(10-12(2)15(11)21)17-16(22)18-13(3)24(7-8-25(18)23-17)19(26)27-20(4,5)6/h9-10,13H,7-8,22H2,1-6H3. The summed E-state index contributed by atoms with van der Waals surface area (Å²) in [5, 5.41) is 4.64. The third-order valence-electron chi connectivity index (χ3n) is 4.78. The zero-order valence-corrected chi connectivity index (χ0v) is 16.8. The van der Waals surface area contributed by atoms with Crippen molar-refractivity contribution in [3.63, 3.8) is 0 Å². The molecule has 2 heterocycles. The van der Waals surface area contributed by atoms with Crippen molar-refractivity contribution in [2.45, 2.75) is 59.7 Å². The molecular formula is C20H27FN4O2. The fourth-order valence-corrected chi connectivity index (χ4v) is 3.51. The van der Waals surface area contributed by atoms with Crippen LogP contribution in [0.4, 0.5) is 14.9 Å². The van der Waals surface area contributed by atoms with E-state index in [-0.39, 0.29) is 18.0 Å². The second-order valence-electron chi connectivity index (χ2n) is 8.14. The molecule has 1 aliphatic heterocycles. The number of nitrogens with two attached hydrogens (primary N) is 1. The summed E-state index contributed by atoms with van der Waals surface area (Å²) in [6.45, 7) is 11.9. The molecule has 1 unspecified atom stereocenters. The Labute approximate surface area is 159 Å². The molecule has 3 rings (SSSR count). The van der Waals surface area contributed by atoms with Crippen LogP contribution in [-0.2, 0) is 11.3 Å². The van der Waals surface area contributed by atoms with Crippen LogP contribution in [0.2, 0.25) is 0 Å². The first-order chi connectivity index (χ1) is 12.5. The number of aromatic nitrogens is 2. The van der Waals surface area contributed by atoms with Gasteiger partial charge in [0.1, 0.15) is 17.1 Å². The smallest absolute Gasteiger partial charge is 0.410 e. The number of anilines is 1. The van der Waals surface area contributed by atoms with E-state index >= 15 is 0 Å². The van der Waals surface area contributed by atoms with Crippen molar-refractivity contribution in [3.05, 3.63) is 34.8 Å². The third-order valence-corrected chi connectivity index (χ3v) is 4.78. The minimum absolute atomic E-state index is 0.217. The molecule has 2 N–H and O–H groups in total. The van der Waals surface area contributed by atoms with Crippen LogP contribution in [0.25, 0.3) is 11.3 Å². The van der Waals surface area contributed by atoms with Crippen LogP contribution in [0, 0.1) is 19.7 Å². The molecular weight excluding hydrogens is 347 g/mol. The number of nitrogen functional groups attached to an aromatic ring is 1. The zero-order chi connectivity index (χ0) is 20.1. The summed E-state index contributed by atoms with van der Waals surface area (Å²) in [4.78, 5) is 14.2. The maximum atomic E-state index is 14.0. The number of fused-ring (bicyclic) bond motifs is 1. The quantitative estimate of drug-likeness (QED) is 0.812. The van der Waals surface area contributed by atoms with Gasteiger partial charge in [-0.25, -0.2) is 9.18 Å². The lowest BCUT2D eigenvalue weighted by molar-refractivity contribution is 0.0121. The van der Waals surface area contributed by atoms with E-state index in [4.69, 9.17) is 10.5 Å². The van der Waals surface area contributed by atoms with Crippen LogP contribution >= 0.6 is 0 Å². The van der Waals surface area contributed by atoms with Crippen LogP contribution in [0.1, 0.15) is 50.6 Å². The molecule has 0 saturated carbocycles. The lowest BCUT2D eigenvalue weighted by atomic mass is 10.0. The molecule has 1 aromatic heterocycles. The largest absolute Gasteiger partial charge is 0.444 e. The van der Waals surface area contributed by atoms with Gasteiger partial charge in [-0.05, 0) is 64.8 Å². The Kier molecular flexibility index (Phi) is 4.66. The second kappa shape index (κ2) is 6.55. The number of benzene rings is 1. The number of carbonyl (C=O) groups excluding carboxylic acids is 1. The van der Waals surface area contributed by atoms with Gasteiger partial charge in [0.25, 0.3) is 0 Å². The first kappa shape index (κ1) is 19.2. The first-order valence-corrected chi connectivity index (χ1v) is 9.12. The number of rotatable bonds is 1. The molecule has 1 atom stereocenters. The summed E-state index contributed by atoms with van der Waals surface area (Å²) in [6.07, 6.45) is -0.364. The van der Waals surface area contributed by atoms with E-state index in [1.165, 1.54) is 0 Å². The molecule has 27 heavy (non-hydrogen) atoms. The van der Waals surface area contributed by atoms with Crippen molar-refractivity contribution in [3.8, 4) is 11.3 Å². The van der Waals surface area contributed by atoms with Crippen molar-refractivity contribution in [2.75, 3.05) is 12.3 Å². The molecule has 1 aliphatic rings. The summed E-state index contributed by atoms with van der Waals surface area (Å²) >= 11 is 0. The Morgan fingerprint density at radius 3 is 2.41 bits per heavy atom. The number of aryl methyl sites for hydroxylation is 2. The predicted molar refractivity (Wildman–Crippen MR) is 103 cm³/mol. The van der Waals surface area contributed by atoms with Crippen molar-refractivity contribution in [1.29, 1.82) is 0 Å². The molecule has 146 valence electrons. The number of hydrogen-bond donors (Lipinski definition) is 1. The molecule has 6 nitrogen and oxygen atoms in total. The highest BCUT2D eigenvalue weighted by atomic mass is 19.1. The molecule has 0 saturated heterocycles. The molecule has 1 aromatic carbocycles. The topological polar surface area (TPSA) is 73.4 Å². The number of nitrogens with zero attached hydrogens (tertiary/aromatic N) is 3. The van der Waals surface area contributed by atoms with E-state index in [9.17, 15) is 9.18 Å². The average molecular weight is 374 g/mol. The summed E-state index contributed by atoms with van der Waals surface area (Å²) < 4.78 is 21.3. The summed E-state index contributed by atoms with van der Waals surface area (Å²) in [5.41, 5.74) is 9.66. The maximum Gasteiger partial charge on any atom is 0.410 e. The average Bonchev–Trinajstić information content (AvgIpc) is 2.88. The Morgan fingerprint density at radius 1 is 1.26 bits per heavy atom. The molecule has 0 radical (unpaired) electrons. The SMILES string of the molecule is Cc1cc(-c2nn3c(c2N)C(C)N(C(=O)OC(C)(C)C)CC3)cc(C)c1F. The minimum atomic E-state index is -0.561. The number of ether oxygens (including phenoxy) is 1. The first-order valence-electron chi connectivity index (χ1n) is 9.12. The Hall–Kier alpha value is -2.57. The summed E-state index contributed by atoms with van der Waals surface area (Å²) in [5.74, 6) is -0.217. The van der Waals surface area contributed by atoms with Gasteiger partial charge in [-0.1, -0.05) is 0 Å². The van der Waals surface area contributed by atoms with Gasteiger partial charge in [-0.2, -0.15) is 5.10 Å². The monoisotopic (exact) mass is 374 g/mol. The molecule has 0 aliphatic carbocycles. The Morgan fingerprint density at radius 2 is 1.85 bits per heavy atom. The van der Waals surface area contributed by atoms with E-state index in [1.54, 1.807) is 30.9 Å². The van der Waals surface area contributed by atoms with Crippen LogP contribution in [0.5, 0.6) is 0 Å². The molecule has 7 heteroatoms. The number of halogens is 1. The van der Waals surface area contributed by atoms with Gasteiger partial charge in [-0.3, -0.25) is 9.58 Å². The fraction of sp³-hybridized carbons (Fsp3) is 0.500.